The fraction of sp³-hybridized carbons (Fsp3) is 0.706. The highest BCUT2D eigenvalue weighted by atomic mass is 16.5. The second kappa shape index (κ2) is 15.0. The van der Waals surface area contributed by atoms with Crippen LogP contribution in [0, 0.1) is 0 Å². The molecular formula is C17H30O2. The van der Waals surface area contributed by atoms with Crippen molar-refractivity contribution in [2.45, 2.75) is 71.6 Å². The van der Waals surface area contributed by atoms with Crippen LogP contribution in [0.15, 0.2) is 24.3 Å². The first-order chi connectivity index (χ1) is 9.27. The molecule has 0 aromatic rings. The lowest BCUT2D eigenvalue weighted by Gasteiger charge is -2.01. The van der Waals surface area contributed by atoms with Crippen LogP contribution in [0.25, 0.3) is 0 Å². The first-order valence-electron chi connectivity index (χ1n) is 7.72. The Bertz CT molecular complexity index is 254. The predicted octanol–water partition coefficient (Wildman–Crippen LogP) is 5.19. The number of rotatable bonds is 12. The average Bonchev–Trinajstić information content (AvgIpc) is 2.39. The summed E-state index contributed by atoms with van der Waals surface area (Å²) in [4.78, 5) is 10.5. The third-order valence-electron chi connectivity index (χ3n) is 2.93. The van der Waals surface area contributed by atoms with Gasteiger partial charge in [0.2, 0.25) is 0 Å². The van der Waals surface area contributed by atoms with Crippen LogP contribution >= 0.6 is 0 Å². The van der Waals surface area contributed by atoms with Crippen molar-refractivity contribution >= 4 is 5.97 Å². The van der Waals surface area contributed by atoms with Gasteiger partial charge < -0.3 is 4.74 Å². The van der Waals surface area contributed by atoms with Gasteiger partial charge in [0.05, 0.1) is 6.61 Å². The molecule has 0 unspecified atom stereocenters. The summed E-state index contributed by atoms with van der Waals surface area (Å²) < 4.78 is 4.88. The van der Waals surface area contributed by atoms with Crippen molar-refractivity contribution < 1.29 is 9.53 Å². The van der Waals surface area contributed by atoms with Gasteiger partial charge >= 0.3 is 5.97 Å². The molecule has 19 heavy (non-hydrogen) atoms. The summed E-state index contributed by atoms with van der Waals surface area (Å²) in [5, 5.41) is 0. The third-order valence-corrected chi connectivity index (χ3v) is 2.93. The zero-order chi connectivity index (χ0) is 14.2. The molecule has 2 heteroatoms. The van der Waals surface area contributed by atoms with Crippen LogP contribution in [0.5, 0.6) is 0 Å². The standard InChI is InChI=1S/C17H30O2/c1-3-4-5-6-7-8-9-10-11-12-13-14-15-16-19-17(2)18/h6-9H,3-5,10-16H2,1-2H3/b7-6-,9-8+. The summed E-state index contributed by atoms with van der Waals surface area (Å²) in [7, 11) is 0. The zero-order valence-electron chi connectivity index (χ0n) is 12.7. The van der Waals surface area contributed by atoms with Crippen molar-refractivity contribution in [1.29, 1.82) is 0 Å². The van der Waals surface area contributed by atoms with Gasteiger partial charge in [0.25, 0.3) is 0 Å². The van der Waals surface area contributed by atoms with Crippen LogP contribution in [0.2, 0.25) is 0 Å². The SMILES string of the molecule is CCCC/C=C\C=C\CCCCCCCOC(C)=O. The van der Waals surface area contributed by atoms with E-state index in [4.69, 9.17) is 4.74 Å². The van der Waals surface area contributed by atoms with Gasteiger partial charge in [0.1, 0.15) is 0 Å². The molecule has 110 valence electrons. The Kier molecular flexibility index (Phi) is 14.2. The summed E-state index contributed by atoms with van der Waals surface area (Å²) in [5.41, 5.74) is 0. The number of ether oxygens (including phenoxy) is 1. The zero-order valence-corrected chi connectivity index (χ0v) is 12.7. The fourth-order valence-electron chi connectivity index (χ4n) is 1.78. The van der Waals surface area contributed by atoms with Crippen LogP contribution in [-0.4, -0.2) is 12.6 Å². The van der Waals surface area contributed by atoms with Gasteiger partial charge in [-0.2, -0.15) is 0 Å². The Morgan fingerprint density at radius 2 is 1.47 bits per heavy atom. The number of carbonyl (C=O) groups excluding carboxylic acids is 1. The molecule has 0 amide bonds. The second-order valence-corrected chi connectivity index (χ2v) is 4.90. The minimum absolute atomic E-state index is 0.169. The molecule has 0 aliphatic rings. The van der Waals surface area contributed by atoms with Crippen LogP contribution in [0.4, 0.5) is 0 Å². The maximum absolute atomic E-state index is 10.5. The van der Waals surface area contributed by atoms with Gasteiger partial charge in [-0.05, 0) is 25.7 Å². The Hall–Kier alpha value is -1.05. The second-order valence-electron chi connectivity index (χ2n) is 4.90. The monoisotopic (exact) mass is 266 g/mol. The van der Waals surface area contributed by atoms with E-state index in [1.807, 2.05) is 0 Å². The van der Waals surface area contributed by atoms with Crippen molar-refractivity contribution in [3.8, 4) is 0 Å². The Balaban J connectivity index is 3.15. The average molecular weight is 266 g/mol. The predicted molar refractivity (Wildman–Crippen MR) is 82.1 cm³/mol. The lowest BCUT2D eigenvalue weighted by Crippen LogP contribution is -1.99. The summed E-state index contributed by atoms with van der Waals surface area (Å²) in [6, 6.07) is 0. The normalized spacial score (nSPS) is 11.5. The number of hydrogen-bond donors (Lipinski definition) is 0. The van der Waals surface area contributed by atoms with E-state index in [1.165, 1.54) is 51.9 Å². The Morgan fingerprint density at radius 3 is 2.11 bits per heavy atom. The maximum atomic E-state index is 10.5. The number of unbranched alkanes of at least 4 members (excludes halogenated alkanes) is 7. The van der Waals surface area contributed by atoms with E-state index in [0.29, 0.717) is 6.61 Å². The van der Waals surface area contributed by atoms with Crippen LogP contribution in [-0.2, 0) is 9.53 Å². The van der Waals surface area contributed by atoms with E-state index in [0.717, 1.165) is 12.8 Å². The number of esters is 1. The van der Waals surface area contributed by atoms with Crippen LogP contribution < -0.4 is 0 Å². The first kappa shape index (κ1) is 17.9. The topological polar surface area (TPSA) is 26.3 Å². The number of allylic oxidation sites excluding steroid dienone is 4. The van der Waals surface area contributed by atoms with E-state index in [2.05, 4.69) is 31.2 Å². The van der Waals surface area contributed by atoms with Crippen molar-refractivity contribution in [3.05, 3.63) is 24.3 Å². The highest BCUT2D eigenvalue weighted by molar-refractivity contribution is 5.65. The Morgan fingerprint density at radius 1 is 0.895 bits per heavy atom. The van der Waals surface area contributed by atoms with Gasteiger partial charge in [-0.25, -0.2) is 0 Å². The molecule has 0 heterocycles. The summed E-state index contributed by atoms with van der Waals surface area (Å²) in [6.07, 6.45) is 19.7. The molecule has 0 fully saturated rings. The van der Waals surface area contributed by atoms with Crippen molar-refractivity contribution in [3.63, 3.8) is 0 Å². The van der Waals surface area contributed by atoms with Crippen molar-refractivity contribution in [1.82, 2.24) is 0 Å². The summed E-state index contributed by atoms with van der Waals surface area (Å²) >= 11 is 0. The highest BCUT2D eigenvalue weighted by Gasteiger charge is 1.93. The van der Waals surface area contributed by atoms with Gasteiger partial charge in [-0.3, -0.25) is 4.79 Å². The molecule has 0 bridgehead atoms. The third kappa shape index (κ3) is 16.9. The Labute approximate surface area is 118 Å². The van der Waals surface area contributed by atoms with Gasteiger partial charge in [0.15, 0.2) is 0 Å². The minimum atomic E-state index is -0.169. The van der Waals surface area contributed by atoms with Crippen molar-refractivity contribution in [2.75, 3.05) is 6.61 Å². The molecule has 0 aliphatic carbocycles. The van der Waals surface area contributed by atoms with Gasteiger partial charge in [-0.15, -0.1) is 0 Å². The summed E-state index contributed by atoms with van der Waals surface area (Å²) in [6.45, 7) is 4.26. The molecule has 0 spiro atoms. The lowest BCUT2D eigenvalue weighted by atomic mass is 10.1. The minimum Gasteiger partial charge on any atom is -0.466 e. The van der Waals surface area contributed by atoms with Crippen LogP contribution in [0.1, 0.15) is 71.6 Å². The van der Waals surface area contributed by atoms with Crippen molar-refractivity contribution in [2.24, 2.45) is 0 Å². The molecule has 0 saturated carbocycles. The fourth-order valence-corrected chi connectivity index (χ4v) is 1.78. The van der Waals surface area contributed by atoms with E-state index in [-0.39, 0.29) is 5.97 Å². The molecule has 0 saturated heterocycles. The molecule has 2 nitrogen and oxygen atoms in total. The maximum Gasteiger partial charge on any atom is 0.302 e. The van der Waals surface area contributed by atoms with Crippen LogP contribution in [0.3, 0.4) is 0 Å². The molecule has 0 radical (unpaired) electrons. The van der Waals surface area contributed by atoms with Gasteiger partial charge in [0, 0.05) is 6.92 Å². The van der Waals surface area contributed by atoms with Gasteiger partial charge in [-0.1, -0.05) is 63.3 Å². The van der Waals surface area contributed by atoms with E-state index < -0.39 is 0 Å². The summed E-state index contributed by atoms with van der Waals surface area (Å²) in [5.74, 6) is -0.169. The van der Waals surface area contributed by atoms with E-state index in [1.54, 1.807) is 0 Å². The molecule has 0 aromatic carbocycles. The first-order valence-corrected chi connectivity index (χ1v) is 7.72. The van der Waals surface area contributed by atoms with E-state index >= 15 is 0 Å². The molecular weight excluding hydrogens is 236 g/mol. The smallest absolute Gasteiger partial charge is 0.302 e. The molecule has 0 rings (SSSR count). The largest absolute Gasteiger partial charge is 0.466 e. The molecule has 0 aliphatic heterocycles. The van der Waals surface area contributed by atoms with E-state index in [9.17, 15) is 4.79 Å². The molecule has 0 atom stereocenters. The highest BCUT2D eigenvalue weighted by Crippen LogP contribution is 2.06. The molecule has 0 N–H and O–H groups in total. The number of hydrogen-bond acceptors (Lipinski definition) is 2. The molecule has 0 aromatic heterocycles. The lowest BCUT2D eigenvalue weighted by molar-refractivity contribution is -0.141. The quantitative estimate of drug-likeness (QED) is 0.276. The number of carbonyl (C=O) groups is 1.